The van der Waals surface area contributed by atoms with E-state index in [0.717, 1.165) is 43.2 Å². The zero-order chi connectivity index (χ0) is 24.4. The van der Waals surface area contributed by atoms with Crippen molar-refractivity contribution < 1.29 is 24.2 Å². The molecule has 0 aromatic heterocycles. The Labute approximate surface area is 205 Å². The Hall–Kier alpha value is -3.35. The quantitative estimate of drug-likeness (QED) is 0.527. The van der Waals surface area contributed by atoms with Crippen LogP contribution in [0.1, 0.15) is 55.6 Å². The standard InChI is InChI=1S/C28H32N2O5/c31-26(30-25(27(32)33)17-13-14-17)19-8-2-1-7-18(19)15-29-28(34)35-16-24-22-11-5-3-9-20(22)21-10-4-6-12-23(21)24/h3-6,9-12,17-19,24-25H,1-2,7-8,13-16H2,(H,29,34)(H,30,31)(H,32,33)/t18-,19-,25?/m1/s1. The molecule has 35 heavy (non-hydrogen) atoms. The SMILES string of the molecule is O=C(NC[C@H]1CCCC[C@H]1C(=O)NC(C(=O)O)C1CC1)OCC1c2ccccc2-c2ccccc21. The Kier molecular flexibility index (Phi) is 6.75. The third-order valence-corrected chi connectivity index (χ3v) is 7.76. The molecule has 0 heterocycles. The van der Waals surface area contributed by atoms with E-state index in [1.807, 2.05) is 24.3 Å². The number of nitrogens with one attached hydrogen (secondary N) is 2. The Bertz CT molecular complexity index is 1070. The molecule has 3 atom stereocenters. The summed E-state index contributed by atoms with van der Waals surface area (Å²) >= 11 is 0. The molecule has 2 fully saturated rings. The Morgan fingerprint density at radius 1 is 0.914 bits per heavy atom. The summed E-state index contributed by atoms with van der Waals surface area (Å²) in [6.45, 7) is 0.589. The van der Waals surface area contributed by atoms with E-state index in [4.69, 9.17) is 4.74 Å². The first-order chi connectivity index (χ1) is 17.0. The molecule has 7 nitrogen and oxygen atoms in total. The molecule has 2 aromatic rings. The van der Waals surface area contributed by atoms with E-state index in [-0.39, 0.29) is 36.2 Å². The molecule has 2 amide bonds. The van der Waals surface area contributed by atoms with E-state index >= 15 is 0 Å². The number of aliphatic carboxylic acids is 1. The Morgan fingerprint density at radius 2 is 1.54 bits per heavy atom. The van der Waals surface area contributed by atoms with Crippen molar-refractivity contribution in [3.63, 3.8) is 0 Å². The number of carbonyl (C=O) groups is 3. The summed E-state index contributed by atoms with van der Waals surface area (Å²) in [5.41, 5.74) is 4.68. The molecule has 0 bridgehead atoms. The molecule has 3 N–H and O–H groups in total. The second kappa shape index (κ2) is 10.1. The van der Waals surface area contributed by atoms with E-state index in [1.54, 1.807) is 0 Å². The number of hydrogen-bond acceptors (Lipinski definition) is 4. The molecule has 0 aliphatic heterocycles. The summed E-state index contributed by atoms with van der Waals surface area (Å²) in [7, 11) is 0. The van der Waals surface area contributed by atoms with Crippen LogP contribution in [0.25, 0.3) is 11.1 Å². The Morgan fingerprint density at radius 3 is 2.17 bits per heavy atom. The maximum absolute atomic E-state index is 12.9. The van der Waals surface area contributed by atoms with Crippen molar-refractivity contribution in [2.75, 3.05) is 13.2 Å². The van der Waals surface area contributed by atoms with Crippen molar-refractivity contribution in [3.8, 4) is 11.1 Å². The molecule has 0 spiro atoms. The van der Waals surface area contributed by atoms with Gasteiger partial charge in [0, 0.05) is 18.4 Å². The molecule has 3 aliphatic carbocycles. The van der Waals surface area contributed by atoms with Crippen molar-refractivity contribution in [1.82, 2.24) is 10.6 Å². The van der Waals surface area contributed by atoms with Crippen molar-refractivity contribution in [1.29, 1.82) is 0 Å². The third-order valence-electron chi connectivity index (χ3n) is 7.76. The number of benzene rings is 2. The van der Waals surface area contributed by atoms with E-state index in [2.05, 4.69) is 34.9 Å². The fourth-order valence-corrected chi connectivity index (χ4v) is 5.73. The molecular weight excluding hydrogens is 444 g/mol. The first-order valence-electron chi connectivity index (χ1n) is 12.6. The third kappa shape index (κ3) is 5.04. The minimum atomic E-state index is -0.968. The van der Waals surface area contributed by atoms with Gasteiger partial charge in [-0.3, -0.25) is 4.79 Å². The zero-order valence-electron chi connectivity index (χ0n) is 19.7. The van der Waals surface area contributed by atoms with Gasteiger partial charge in [0.15, 0.2) is 0 Å². The first kappa shape index (κ1) is 23.4. The van der Waals surface area contributed by atoms with Crippen molar-refractivity contribution in [2.24, 2.45) is 17.8 Å². The highest BCUT2D eigenvalue weighted by atomic mass is 16.5. The fourth-order valence-electron chi connectivity index (χ4n) is 5.73. The lowest BCUT2D eigenvalue weighted by molar-refractivity contribution is -0.143. The van der Waals surface area contributed by atoms with Gasteiger partial charge in [-0.2, -0.15) is 0 Å². The molecule has 7 heteroatoms. The highest BCUT2D eigenvalue weighted by Crippen LogP contribution is 2.44. The van der Waals surface area contributed by atoms with Gasteiger partial charge in [0.25, 0.3) is 0 Å². The van der Waals surface area contributed by atoms with Gasteiger partial charge in [0.1, 0.15) is 12.6 Å². The molecule has 3 aliphatic rings. The van der Waals surface area contributed by atoms with E-state index in [0.29, 0.717) is 13.0 Å². The fraction of sp³-hybridized carbons (Fsp3) is 0.464. The zero-order valence-corrected chi connectivity index (χ0v) is 19.7. The van der Waals surface area contributed by atoms with Crippen LogP contribution in [0.5, 0.6) is 0 Å². The normalized spacial score (nSPS) is 21.9. The van der Waals surface area contributed by atoms with Gasteiger partial charge in [0.2, 0.25) is 5.91 Å². The average Bonchev–Trinajstić information content (AvgIpc) is 3.67. The van der Waals surface area contributed by atoms with Crippen LogP contribution in [0.2, 0.25) is 0 Å². The smallest absolute Gasteiger partial charge is 0.407 e. The lowest BCUT2D eigenvalue weighted by Gasteiger charge is -2.31. The Balaban J connectivity index is 1.16. The number of ether oxygens (including phenoxy) is 1. The van der Waals surface area contributed by atoms with Gasteiger partial charge in [-0.05, 0) is 59.8 Å². The minimum absolute atomic E-state index is 0.00303. The molecular formula is C28H32N2O5. The average molecular weight is 477 g/mol. The summed E-state index contributed by atoms with van der Waals surface area (Å²) in [4.78, 5) is 37.1. The van der Waals surface area contributed by atoms with Crippen molar-refractivity contribution in [2.45, 2.75) is 50.5 Å². The van der Waals surface area contributed by atoms with Crippen LogP contribution >= 0.6 is 0 Å². The van der Waals surface area contributed by atoms with Crippen LogP contribution in [0.15, 0.2) is 48.5 Å². The predicted octanol–water partition coefficient (Wildman–Crippen LogP) is 4.31. The monoisotopic (exact) mass is 476 g/mol. The molecule has 1 unspecified atom stereocenters. The summed E-state index contributed by atoms with van der Waals surface area (Å²) < 4.78 is 5.63. The van der Waals surface area contributed by atoms with Gasteiger partial charge >= 0.3 is 12.1 Å². The van der Waals surface area contributed by atoms with Gasteiger partial charge in [-0.15, -0.1) is 0 Å². The molecule has 0 saturated heterocycles. The molecule has 5 rings (SSSR count). The largest absolute Gasteiger partial charge is 0.480 e. The number of fused-ring (bicyclic) bond motifs is 3. The summed E-state index contributed by atoms with van der Waals surface area (Å²) in [5.74, 6) is -1.46. The maximum Gasteiger partial charge on any atom is 0.407 e. The summed E-state index contributed by atoms with van der Waals surface area (Å²) in [5, 5.41) is 15.1. The number of alkyl carbamates (subject to hydrolysis) is 1. The lowest BCUT2D eigenvalue weighted by atomic mass is 9.78. The van der Waals surface area contributed by atoms with Gasteiger partial charge < -0.3 is 20.5 Å². The van der Waals surface area contributed by atoms with E-state index in [1.165, 1.54) is 11.1 Å². The number of carboxylic acid groups (broad SMARTS) is 1. The van der Waals surface area contributed by atoms with Gasteiger partial charge in [-0.25, -0.2) is 9.59 Å². The molecule has 2 aromatic carbocycles. The molecule has 0 radical (unpaired) electrons. The second-order valence-corrected chi connectivity index (χ2v) is 10.0. The summed E-state index contributed by atoms with van der Waals surface area (Å²) in [6.07, 6.45) is 4.65. The predicted molar refractivity (Wildman–Crippen MR) is 131 cm³/mol. The van der Waals surface area contributed by atoms with Crippen molar-refractivity contribution >= 4 is 18.0 Å². The van der Waals surface area contributed by atoms with Gasteiger partial charge in [0.05, 0.1) is 0 Å². The highest BCUT2D eigenvalue weighted by Gasteiger charge is 2.40. The molecule has 184 valence electrons. The number of rotatable bonds is 8. The maximum atomic E-state index is 12.9. The van der Waals surface area contributed by atoms with Crippen LogP contribution < -0.4 is 10.6 Å². The number of amides is 2. The number of carbonyl (C=O) groups excluding carboxylic acids is 2. The number of carboxylic acids is 1. The van der Waals surface area contributed by atoms with E-state index < -0.39 is 18.1 Å². The first-order valence-corrected chi connectivity index (χ1v) is 12.6. The van der Waals surface area contributed by atoms with Crippen LogP contribution in [-0.2, 0) is 14.3 Å². The topological polar surface area (TPSA) is 105 Å². The van der Waals surface area contributed by atoms with Crippen LogP contribution in [0.3, 0.4) is 0 Å². The van der Waals surface area contributed by atoms with Crippen LogP contribution in [-0.4, -0.2) is 42.3 Å². The second-order valence-electron chi connectivity index (χ2n) is 10.0. The number of hydrogen-bond donors (Lipinski definition) is 3. The molecule has 2 saturated carbocycles. The van der Waals surface area contributed by atoms with E-state index in [9.17, 15) is 19.5 Å². The van der Waals surface area contributed by atoms with Gasteiger partial charge in [-0.1, -0.05) is 61.4 Å². The summed E-state index contributed by atoms with van der Waals surface area (Å²) in [6, 6.07) is 15.6. The van der Waals surface area contributed by atoms with Crippen LogP contribution in [0.4, 0.5) is 4.79 Å². The lowest BCUT2D eigenvalue weighted by Crippen LogP contribution is -2.48. The van der Waals surface area contributed by atoms with Crippen molar-refractivity contribution in [3.05, 3.63) is 59.7 Å². The minimum Gasteiger partial charge on any atom is -0.480 e. The highest BCUT2D eigenvalue weighted by molar-refractivity contribution is 5.85. The van der Waals surface area contributed by atoms with Crippen LogP contribution in [0, 0.1) is 17.8 Å².